The minimum absolute atomic E-state index is 0.294. The molecule has 0 spiro atoms. The Labute approximate surface area is 136 Å². The highest BCUT2D eigenvalue weighted by molar-refractivity contribution is 5.42. The highest BCUT2D eigenvalue weighted by Crippen LogP contribution is 2.38. The van der Waals surface area contributed by atoms with Crippen LogP contribution in [0.2, 0.25) is 0 Å². The minimum Gasteiger partial charge on any atom is -0.388 e. The Hall–Kier alpha value is -2.01. The van der Waals surface area contributed by atoms with Crippen molar-refractivity contribution in [1.29, 1.82) is 0 Å². The lowest BCUT2D eigenvalue weighted by Gasteiger charge is -2.35. The third kappa shape index (κ3) is 3.20. The summed E-state index contributed by atoms with van der Waals surface area (Å²) in [5, 5.41) is 10.5. The van der Waals surface area contributed by atoms with E-state index in [2.05, 4.69) is 19.9 Å². The molecule has 0 radical (unpaired) electrons. The fourth-order valence-corrected chi connectivity index (χ4v) is 3.34. The molecule has 4 rings (SSSR count). The zero-order valence-electron chi connectivity index (χ0n) is 13.2. The van der Waals surface area contributed by atoms with Crippen molar-refractivity contribution in [2.75, 3.05) is 18.0 Å². The van der Waals surface area contributed by atoms with Crippen molar-refractivity contribution in [3.05, 3.63) is 48.3 Å². The van der Waals surface area contributed by atoms with Crippen LogP contribution in [-0.2, 0) is 0 Å². The van der Waals surface area contributed by atoms with E-state index in [0.29, 0.717) is 11.8 Å². The number of aromatic nitrogens is 3. The maximum absolute atomic E-state index is 10.5. The Bertz CT molecular complexity index is 634. The summed E-state index contributed by atoms with van der Waals surface area (Å²) in [5.41, 5.74) is 2.02. The van der Waals surface area contributed by atoms with Crippen molar-refractivity contribution in [2.45, 2.75) is 37.7 Å². The Morgan fingerprint density at radius 1 is 1.04 bits per heavy atom. The second-order valence-electron chi connectivity index (χ2n) is 6.63. The third-order valence-electron chi connectivity index (χ3n) is 4.98. The summed E-state index contributed by atoms with van der Waals surface area (Å²) in [4.78, 5) is 15.4. The van der Waals surface area contributed by atoms with Gasteiger partial charge in [-0.1, -0.05) is 6.07 Å². The molecule has 0 unspecified atom stereocenters. The van der Waals surface area contributed by atoms with Gasteiger partial charge in [-0.3, -0.25) is 4.98 Å². The maximum atomic E-state index is 10.5. The number of pyridine rings is 1. The van der Waals surface area contributed by atoms with Gasteiger partial charge in [-0.25, -0.2) is 9.97 Å². The average Bonchev–Trinajstić information content (AvgIpc) is 3.47. The Balaban J connectivity index is 1.36. The topological polar surface area (TPSA) is 62.1 Å². The van der Waals surface area contributed by atoms with E-state index >= 15 is 0 Å². The number of aliphatic hydroxyl groups excluding tert-OH is 1. The molecular weight excluding hydrogens is 288 g/mol. The average molecular weight is 310 g/mol. The summed E-state index contributed by atoms with van der Waals surface area (Å²) >= 11 is 0. The number of rotatable bonds is 4. The van der Waals surface area contributed by atoms with Gasteiger partial charge in [0.1, 0.15) is 5.82 Å². The molecule has 1 aliphatic heterocycles. The first kappa shape index (κ1) is 14.6. The maximum Gasteiger partial charge on any atom is 0.131 e. The highest BCUT2D eigenvalue weighted by Gasteiger charge is 2.28. The quantitative estimate of drug-likeness (QED) is 0.941. The standard InChI is InChI=1S/C18H22N4O/c23-17(15-2-1-7-19-10-15)13-5-8-22(9-6-13)16-11-20-18(21-12-16)14-3-4-14/h1-2,7,10-14,17,23H,3-6,8-9H2/t17-/m0/s1. The number of piperidine rings is 1. The Kier molecular flexibility index (Phi) is 3.95. The lowest BCUT2D eigenvalue weighted by Crippen LogP contribution is -2.35. The molecule has 23 heavy (non-hydrogen) atoms. The zero-order valence-corrected chi connectivity index (χ0v) is 13.2. The van der Waals surface area contributed by atoms with Crippen molar-refractivity contribution in [3.63, 3.8) is 0 Å². The van der Waals surface area contributed by atoms with Crippen LogP contribution in [0.1, 0.15) is 49.1 Å². The molecule has 5 nitrogen and oxygen atoms in total. The van der Waals surface area contributed by atoms with Gasteiger partial charge in [0.15, 0.2) is 0 Å². The minimum atomic E-state index is -0.417. The molecule has 1 N–H and O–H groups in total. The van der Waals surface area contributed by atoms with E-state index in [0.717, 1.165) is 43.0 Å². The van der Waals surface area contributed by atoms with Crippen LogP contribution in [0.3, 0.4) is 0 Å². The molecule has 0 bridgehead atoms. The molecule has 1 saturated heterocycles. The monoisotopic (exact) mass is 310 g/mol. The first-order valence-corrected chi connectivity index (χ1v) is 8.46. The molecule has 2 fully saturated rings. The molecule has 120 valence electrons. The van der Waals surface area contributed by atoms with E-state index in [-0.39, 0.29) is 0 Å². The number of nitrogens with zero attached hydrogens (tertiary/aromatic N) is 4. The van der Waals surface area contributed by atoms with Crippen LogP contribution >= 0.6 is 0 Å². The smallest absolute Gasteiger partial charge is 0.131 e. The van der Waals surface area contributed by atoms with Gasteiger partial charge in [0.2, 0.25) is 0 Å². The molecule has 2 aromatic rings. The van der Waals surface area contributed by atoms with Crippen LogP contribution in [-0.4, -0.2) is 33.1 Å². The molecule has 2 aliphatic rings. The Morgan fingerprint density at radius 3 is 2.39 bits per heavy atom. The van der Waals surface area contributed by atoms with Crippen molar-refractivity contribution in [1.82, 2.24) is 15.0 Å². The van der Waals surface area contributed by atoms with Crippen molar-refractivity contribution >= 4 is 5.69 Å². The fourth-order valence-electron chi connectivity index (χ4n) is 3.34. The largest absolute Gasteiger partial charge is 0.388 e. The highest BCUT2D eigenvalue weighted by atomic mass is 16.3. The van der Waals surface area contributed by atoms with Crippen molar-refractivity contribution in [3.8, 4) is 0 Å². The van der Waals surface area contributed by atoms with E-state index in [1.54, 1.807) is 12.4 Å². The number of hydrogen-bond donors (Lipinski definition) is 1. The summed E-state index contributed by atoms with van der Waals surface area (Å²) < 4.78 is 0. The van der Waals surface area contributed by atoms with Gasteiger partial charge in [0.25, 0.3) is 0 Å². The molecule has 0 aromatic carbocycles. The third-order valence-corrected chi connectivity index (χ3v) is 4.98. The number of anilines is 1. The number of aliphatic hydroxyl groups is 1. The van der Waals surface area contributed by atoms with E-state index < -0.39 is 6.10 Å². The molecule has 1 atom stereocenters. The second-order valence-corrected chi connectivity index (χ2v) is 6.63. The molecule has 0 amide bonds. The van der Waals surface area contributed by atoms with E-state index in [1.165, 1.54) is 12.8 Å². The summed E-state index contributed by atoms with van der Waals surface area (Å²) in [7, 11) is 0. The van der Waals surface area contributed by atoms with Gasteiger partial charge >= 0.3 is 0 Å². The van der Waals surface area contributed by atoms with Gasteiger partial charge in [0, 0.05) is 31.4 Å². The molecule has 2 aromatic heterocycles. The first-order valence-electron chi connectivity index (χ1n) is 8.46. The van der Waals surface area contributed by atoms with Crippen LogP contribution < -0.4 is 4.90 Å². The van der Waals surface area contributed by atoms with Crippen LogP contribution in [0.4, 0.5) is 5.69 Å². The lowest BCUT2D eigenvalue weighted by atomic mass is 9.88. The van der Waals surface area contributed by atoms with Gasteiger partial charge in [-0.2, -0.15) is 0 Å². The van der Waals surface area contributed by atoms with E-state index in [1.807, 2.05) is 24.5 Å². The molecule has 1 saturated carbocycles. The SMILES string of the molecule is O[C@H](c1cccnc1)C1CCN(c2cnc(C3CC3)nc2)CC1. The van der Waals surface area contributed by atoms with Gasteiger partial charge in [-0.15, -0.1) is 0 Å². The summed E-state index contributed by atoms with van der Waals surface area (Å²) in [6.45, 7) is 1.88. The molecule has 3 heterocycles. The van der Waals surface area contributed by atoms with Gasteiger partial charge in [-0.05, 0) is 43.2 Å². The zero-order chi connectivity index (χ0) is 15.6. The summed E-state index contributed by atoms with van der Waals surface area (Å²) in [5.74, 6) is 1.89. The second kappa shape index (κ2) is 6.24. The van der Waals surface area contributed by atoms with E-state index in [4.69, 9.17) is 0 Å². The fraction of sp³-hybridized carbons (Fsp3) is 0.500. The van der Waals surface area contributed by atoms with Gasteiger partial charge < -0.3 is 10.0 Å². The molecule has 5 heteroatoms. The Morgan fingerprint density at radius 2 is 1.78 bits per heavy atom. The number of hydrogen-bond acceptors (Lipinski definition) is 5. The van der Waals surface area contributed by atoms with Crippen LogP contribution in [0.25, 0.3) is 0 Å². The van der Waals surface area contributed by atoms with Crippen LogP contribution in [0.5, 0.6) is 0 Å². The predicted molar refractivity (Wildman–Crippen MR) is 88.1 cm³/mol. The first-order chi connectivity index (χ1) is 11.3. The molecule has 1 aliphatic carbocycles. The molecular formula is C18H22N4O. The van der Waals surface area contributed by atoms with Crippen LogP contribution in [0, 0.1) is 5.92 Å². The predicted octanol–water partition coefficient (Wildman–Crippen LogP) is 2.70. The van der Waals surface area contributed by atoms with Crippen LogP contribution in [0.15, 0.2) is 36.9 Å². The lowest BCUT2D eigenvalue weighted by molar-refractivity contribution is 0.0926. The summed E-state index contributed by atoms with van der Waals surface area (Å²) in [6, 6.07) is 3.83. The van der Waals surface area contributed by atoms with Gasteiger partial charge in [0.05, 0.1) is 24.2 Å². The van der Waals surface area contributed by atoms with Crippen molar-refractivity contribution < 1.29 is 5.11 Å². The van der Waals surface area contributed by atoms with E-state index in [9.17, 15) is 5.11 Å². The normalized spacial score (nSPS) is 20.5. The van der Waals surface area contributed by atoms with Crippen molar-refractivity contribution in [2.24, 2.45) is 5.92 Å². The summed E-state index contributed by atoms with van der Waals surface area (Å²) in [6.07, 6.45) is 11.4.